The lowest BCUT2D eigenvalue weighted by atomic mass is 10.0. The number of carbonyl (C=O) groups is 2. The Hall–Kier alpha value is -3.35. The van der Waals surface area contributed by atoms with E-state index in [2.05, 4.69) is 51.4 Å². The highest BCUT2D eigenvalue weighted by Gasteiger charge is 2.34. The number of hydrogen-bond donors (Lipinski definition) is 1. The fraction of sp³-hybridized carbons (Fsp3) is 0.609. The van der Waals surface area contributed by atoms with Crippen molar-refractivity contribution in [2.75, 3.05) is 32.7 Å². The number of carbonyl (C=O) groups excluding carboxylic acids is 2. The Kier molecular flexibility index (Phi) is 20.3. The third kappa shape index (κ3) is 15.2. The first-order valence-electron chi connectivity index (χ1n) is 22.3. The highest BCUT2D eigenvalue weighted by molar-refractivity contribution is 6.63. The van der Waals surface area contributed by atoms with Crippen LogP contribution in [0, 0.1) is 11.8 Å². The van der Waals surface area contributed by atoms with Crippen LogP contribution in [0.15, 0.2) is 57.4 Å². The Labute approximate surface area is 371 Å². The van der Waals surface area contributed by atoms with E-state index in [1.807, 2.05) is 47.4 Å². The van der Waals surface area contributed by atoms with Crippen LogP contribution in [0.1, 0.15) is 147 Å². The number of benzene rings is 2. The summed E-state index contributed by atoms with van der Waals surface area (Å²) in [4.78, 5) is 27.4. The molecule has 2 saturated carbocycles. The largest absolute Gasteiger partial charge is 0.419 e. The molecule has 4 fully saturated rings. The zero-order chi connectivity index (χ0) is 42.7. The Morgan fingerprint density at radius 2 is 1.23 bits per heavy atom. The summed E-state index contributed by atoms with van der Waals surface area (Å²) >= 11 is 17.2. The molecule has 2 unspecified atom stereocenters. The summed E-state index contributed by atoms with van der Waals surface area (Å²) in [5.41, 5.74) is 1.66. The summed E-state index contributed by atoms with van der Waals surface area (Å²) < 4.78 is 11.6. The van der Waals surface area contributed by atoms with Crippen molar-refractivity contribution in [3.8, 4) is 22.9 Å². The smallest absolute Gasteiger partial charge is 0.247 e. The van der Waals surface area contributed by atoms with Crippen LogP contribution < -0.4 is 5.32 Å². The van der Waals surface area contributed by atoms with Gasteiger partial charge >= 0.3 is 0 Å². The van der Waals surface area contributed by atoms with E-state index in [9.17, 15) is 9.59 Å². The molecule has 1 N–H and O–H groups in total. The molecule has 0 radical (unpaired) electrons. The van der Waals surface area contributed by atoms with Gasteiger partial charge in [-0.1, -0.05) is 107 Å². The van der Waals surface area contributed by atoms with Crippen molar-refractivity contribution in [1.29, 1.82) is 0 Å². The van der Waals surface area contributed by atoms with Gasteiger partial charge in [0.1, 0.15) is 6.04 Å². The molecule has 2 atom stereocenters. The molecule has 2 aromatic heterocycles. The number of aromatic nitrogens is 4. The van der Waals surface area contributed by atoms with Gasteiger partial charge in [-0.3, -0.25) is 9.59 Å². The van der Waals surface area contributed by atoms with E-state index in [0.717, 1.165) is 74.6 Å². The molecule has 328 valence electrons. The maximum atomic E-state index is 12.7. The molecule has 0 spiro atoms. The maximum Gasteiger partial charge on any atom is 0.247 e. The highest BCUT2D eigenvalue weighted by atomic mass is 35.5. The Bertz CT molecular complexity index is 1860. The number of amides is 1. The van der Waals surface area contributed by atoms with E-state index in [0.29, 0.717) is 46.4 Å². The molecule has 11 nitrogen and oxygen atoms in total. The van der Waals surface area contributed by atoms with Gasteiger partial charge in [0.2, 0.25) is 34.7 Å². The van der Waals surface area contributed by atoms with Crippen molar-refractivity contribution in [1.82, 2.24) is 35.5 Å². The molecule has 14 heteroatoms. The summed E-state index contributed by atoms with van der Waals surface area (Å²) in [6.45, 7) is 11.9. The highest BCUT2D eigenvalue weighted by Crippen LogP contribution is 2.35. The van der Waals surface area contributed by atoms with Crippen molar-refractivity contribution in [2.45, 2.75) is 136 Å². The second-order valence-electron chi connectivity index (χ2n) is 16.2. The zero-order valence-corrected chi connectivity index (χ0v) is 38.0. The molecule has 8 rings (SSSR count). The monoisotopic (exact) mass is 883 g/mol. The minimum atomic E-state index is -0.174. The summed E-state index contributed by atoms with van der Waals surface area (Å²) in [5, 5.41) is 21.0. The van der Waals surface area contributed by atoms with Crippen molar-refractivity contribution >= 4 is 46.0 Å². The topological polar surface area (TPSA) is 130 Å². The fourth-order valence-electron chi connectivity index (χ4n) is 8.50. The van der Waals surface area contributed by atoms with E-state index in [-0.39, 0.29) is 23.2 Å². The van der Waals surface area contributed by atoms with Crippen molar-refractivity contribution in [3.63, 3.8) is 0 Å². The normalized spacial score (nSPS) is 19.1. The molecule has 1 amide bonds. The fourth-order valence-corrected chi connectivity index (χ4v) is 8.99. The minimum Gasteiger partial charge on any atom is -0.419 e. The van der Waals surface area contributed by atoms with Gasteiger partial charge in [0.25, 0.3) is 0 Å². The third-order valence-corrected chi connectivity index (χ3v) is 12.7. The van der Waals surface area contributed by atoms with Crippen LogP contribution in [-0.4, -0.2) is 74.1 Å². The molecular formula is C46H64Cl3N7O4. The minimum absolute atomic E-state index is 0.0912. The van der Waals surface area contributed by atoms with Crippen LogP contribution in [0.4, 0.5) is 0 Å². The summed E-state index contributed by atoms with van der Waals surface area (Å²) in [5.74, 6) is 3.93. The van der Waals surface area contributed by atoms with E-state index in [1.165, 1.54) is 71.0 Å². The average Bonchev–Trinajstić information content (AvgIpc) is 4.11. The van der Waals surface area contributed by atoms with E-state index in [1.54, 1.807) is 6.07 Å². The van der Waals surface area contributed by atoms with Crippen LogP contribution in [0.3, 0.4) is 0 Å². The number of nitrogens with one attached hydrogen (secondary N) is 1. The molecule has 0 bridgehead atoms. The van der Waals surface area contributed by atoms with Gasteiger partial charge in [0.05, 0.1) is 6.04 Å². The van der Waals surface area contributed by atoms with Crippen LogP contribution in [0.5, 0.6) is 0 Å². The first kappa shape index (κ1) is 47.7. The molecule has 2 saturated heterocycles. The molecule has 4 aromatic rings. The Morgan fingerprint density at radius 1 is 0.700 bits per heavy atom. The molecule has 2 aliphatic carbocycles. The van der Waals surface area contributed by atoms with Crippen LogP contribution in [0.2, 0.25) is 10.0 Å². The number of hydrogen-bond acceptors (Lipinski definition) is 10. The van der Waals surface area contributed by atoms with Crippen LogP contribution >= 0.6 is 34.8 Å². The zero-order valence-electron chi connectivity index (χ0n) is 35.7. The number of halogens is 3. The second-order valence-corrected chi connectivity index (χ2v) is 17.5. The lowest BCUT2D eigenvalue weighted by molar-refractivity contribution is -0.132. The lowest BCUT2D eigenvalue weighted by Gasteiger charge is -2.22. The van der Waals surface area contributed by atoms with Crippen molar-refractivity contribution in [3.05, 3.63) is 70.4 Å². The number of rotatable bonds is 13. The number of nitrogens with zero attached hydrogens (tertiary/aromatic N) is 6. The van der Waals surface area contributed by atoms with Crippen molar-refractivity contribution in [2.24, 2.45) is 11.8 Å². The van der Waals surface area contributed by atoms with Crippen LogP contribution in [0.25, 0.3) is 22.9 Å². The van der Waals surface area contributed by atoms with E-state index in [4.69, 9.17) is 43.6 Å². The predicted octanol–water partition coefficient (Wildman–Crippen LogP) is 11.9. The maximum absolute atomic E-state index is 12.7. The molecule has 2 aromatic carbocycles. The summed E-state index contributed by atoms with van der Waals surface area (Å²) in [6, 6.07) is 14.9. The molecule has 4 heterocycles. The van der Waals surface area contributed by atoms with Gasteiger partial charge in [-0.05, 0) is 125 Å². The van der Waals surface area contributed by atoms with E-state index >= 15 is 0 Å². The first-order valence-corrected chi connectivity index (χ1v) is 23.4. The third-order valence-electron chi connectivity index (χ3n) is 12.0. The molecule has 60 heavy (non-hydrogen) atoms. The number of likely N-dealkylation sites (tertiary alicyclic amines) is 1. The van der Waals surface area contributed by atoms with E-state index < -0.39 is 0 Å². The molecule has 4 aliphatic rings. The SMILES string of the molecule is CCN(CC)CC.Clc1cccc(-c2nnc(C3CCCN3)o2)c1.O=C(CCC1CCCC1)N1CCCC1c1nnc(-c2cccc(Cl)c2)o1.O=C(Cl)CCC1CCCC1. The van der Waals surface area contributed by atoms with Gasteiger partial charge in [-0.25, -0.2) is 0 Å². The van der Waals surface area contributed by atoms with Gasteiger partial charge in [0, 0.05) is 40.6 Å². The average molecular weight is 885 g/mol. The first-order chi connectivity index (χ1) is 29.2. The molecule has 2 aliphatic heterocycles. The quantitative estimate of drug-likeness (QED) is 0.129. The Morgan fingerprint density at radius 3 is 1.72 bits per heavy atom. The summed E-state index contributed by atoms with van der Waals surface area (Å²) in [7, 11) is 0. The lowest BCUT2D eigenvalue weighted by Crippen LogP contribution is -2.30. The molecular weight excluding hydrogens is 821 g/mol. The van der Waals surface area contributed by atoms with Crippen LogP contribution in [-0.2, 0) is 9.59 Å². The summed E-state index contributed by atoms with van der Waals surface area (Å²) in [6.07, 6.45) is 17.8. The standard InChI is InChI=1S/C20H24ClN3O2.C12H12ClN3O.C8H13ClO.C6H15N/c21-16-8-3-7-15(13-16)19-22-23-20(26-19)17-9-4-12-24(17)18(25)11-10-14-5-1-2-6-14;13-9-4-1-3-8(7-9)11-15-16-12(17-11)10-5-2-6-14-10;9-8(10)6-5-7-3-1-2-4-7;1-4-7(5-2)6-3/h3,7-8,13-14,17H,1-2,4-6,9-12H2;1,3-4,7,10,14H,2,5-6H2;7H,1-6H2;4-6H2,1-3H3. The van der Waals surface area contributed by atoms with Crippen molar-refractivity contribution < 1.29 is 18.4 Å². The van der Waals surface area contributed by atoms with Gasteiger partial charge in [0.15, 0.2) is 0 Å². The van der Waals surface area contributed by atoms with Gasteiger partial charge in [-0.2, -0.15) is 0 Å². The van der Waals surface area contributed by atoms with Gasteiger partial charge in [-0.15, -0.1) is 20.4 Å². The Balaban J connectivity index is 0.000000172. The van der Waals surface area contributed by atoms with Gasteiger partial charge < -0.3 is 24.0 Å². The second kappa shape index (κ2) is 25.6. The predicted molar refractivity (Wildman–Crippen MR) is 240 cm³/mol.